The Morgan fingerprint density at radius 3 is 2.36 bits per heavy atom. The molecule has 9 heteroatoms. The molecule has 170 valence electrons. The number of nitriles is 1. The van der Waals surface area contributed by atoms with E-state index in [0.29, 0.717) is 17.6 Å². The third kappa shape index (κ3) is 5.84. The van der Waals surface area contributed by atoms with E-state index in [0.717, 1.165) is 23.4 Å². The molecule has 0 spiro atoms. The second-order valence-corrected chi connectivity index (χ2v) is 10.3. The molecule has 3 aromatic rings. The van der Waals surface area contributed by atoms with Crippen LogP contribution in [-0.4, -0.2) is 36.2 Å². The number of aromatic nitrogens is 3. The lowest BCUT2D eigenvalue weighted by Gasteiger charge is -2.23. The van der Waals surface area contributed by atoms with E-state index < -0.39 is 9.84 Å². The molecular weight excluding hydrogens is 436 g/mol. The molecule has 0 saturated heterocycles. The second-order valence-electron chi connectivity index (χ2n) is 8.32. The zero-order valence-electron chi connectivity index (χ0n) is 18.5. The van der Waals surface area contributed by atoms with Gasteiger partial charge in [0, 0.05) is 36.3 Å². The van der Waals surface area contributed by atoms with Crippen LogP contribution in [0.1, 0.15) is 37.8 Å². The Morgan fingerprint density at radius 2 is 1.73 bits per heavy atom. The maximum atomic E-state index is 11.8. The fourth-order valence-corrected chi connectivity index (χ4v) is 4.64. The van der Waals surface area contributed by atoms with Gasteiger partial charge in [0.25, 0.3) is 0 Å². The van der Waals surface area contributed by atoms with Gasteiger partial charge in [0.2, 0.25) is 0 Å². The van der Waals surface area contributed by atoms with Crippen LogP contribution in [0.2, 0.25) is 0 Å². The molecule has 1 aliphatic rings. The molecule has 1 fully saturated rings. The van der Waals surface area contributed by atoms with Gasteiger partial charge in [0.05, 0.1) is 17.3 Å². The quantitative estimate of drug-likeness (QED) is 0.525. The van der Waals surface area contributed by atoms with Gasteiger partial charge in [-0.15, -0.1) is 0 Å². The van der Waals surface area contributed by atoms with Gasteiger partial charge >= 0.3 is 0 Å². The average molecular weight is 463 g/mol. The number of sulfone groups is 1. The van der Waals surface area contributed by atoms with Crippen LogP contribution in [0.25, 0.3) is 11.1 Å². The van der Waals surface area contributed by atoms with Crippen molar-refractivity contribution >= 4 is 27.2 Å². The van der Waals surface area contributed by atoms with Crippen molar-refractivity contribution in [3.63, 3.8) is 0 Å². The Hall–Kier alpha value is -3.51. The molecule has 0 radical (unpaired) electrons. The largest absolute Gasteiger partial charge is 0.384 e. The minimum atomic E-state index is -3.26. The molecule has 0 aliphatic heterocycles. The van der Waals surface area contributed by atoms with Gasteiger partial charge in [0.15, 0.2) is 15.5 Å². The summed E-state index contributed by atoms with van der Waals surface area (Å²) in [5.41, 5.74) is 2.93. The first-order valence-corrected chi connectivity index (χ1v) is 12.8. The topological polar surface area (TPSA) is 121 Å². The van der Waals surface area contributed by atoms with Crippen LogP contribution in [0, 0.1) is 17.2 Å². The highest BCUT2D eigenvalue weighted by molar-refractivity contribution is 7.90. The van der Waals surface area contributed by atoms with E-state index in [-0.39, 0.29) is 10.6 Å². The van der Waals surface area contributed by atoms with Crippen LogP contribution in [0.15, 0.2) is 53.8 Å². The fraction of sp³-hybridized carbons (Fsp3) is 0.333. The van der Waals surface area contributed by atoms with Gasteiger partial charge in [0.1, 0.15) is 17.7 Å². The zero-order chi connectivity index (χ0) is 23.3. The Labute approximate surface area is 194 Å². The standard InChI is InChI=1S/C24H26N6O2S/c1-33(31,32)20-9-7-18(8-10-20)21-15-29-23(30-24-16-26-19(12-25)14-28-24)11-22(21)27-13-17-5-3-2-4-6-17/h7-11,14-17H,2-6,13H2,1H3,(H2,27,28,29,30). The Kier molecular flexibility index (Phi) is 6.84. The molecule has 1 aliphatic carbocycles. The van der Waals surface area contributed by atoms with E-state index in [4.69, 9.17) is 5.26 Å². The summed E-state index contributed by atoms with van der Waals surface area (Å²) < 4.78 is 23.6. The van der Waals surface area contributed by atoms with Crippen molar-refractivity contribution in [3.8, 4) is 17.2 Å². The Bertz CT molecular complexity index is 1250. The molecule has 0 amide bonds. The summed E-state index contributed by atoms with van der Waals surface area (Å²) in [7, 11) is -3.26. The predicted molar refractivity (Wildman–Crippen MR) is 128 cm³/mol. The molecule has 0 bridgehead atoms. The molecule has 4 rings (SSSR count). The van der Waals surface area contributed by atoms with Crippen molar-refractivity contribution in [2.24, 2.45) is 5.92 Å². The molecule has 8 nitrogen and oxygen atoms in total. The minimum absolute atomic E-state index is 0.247. The molecule has 2 aromatic heterocycles. The van der Waals surface area contributed by atoms with Gasteiger partial charge in [-0.25, -0.2) is 23.4 Å². The lowest BCUT2D eigenvalue weighted by Crippen LogP contribution is -2.17. The number of anilines is 3. The molecule has 2 heterocycles. The summed E-state index contributed by atoms with van der Waals surface area (Å²) in [6.45, 7) is 0.870. The maximum absolute atomic E-state index is 11.8. The van der Waals surface area contributed by atoms with Gasteiger partial charge in [-0.05, 0) is 36.5 Å². The molecule has 33 heavy (non-hydrogen) atoms. The molecule has 0 unspecified atom stereocenters. The normalized spacial score (nSPS) is 14.4. The van der Waals surface area contributed by atoms with Crippen LogP contribution in [0.4, 0.5) is 17.3 Å². The van der Waals surface area contributed by atoms with Crippen LogP contribution in [-0.2, 0) is 9.84 Å². The summed E-state index contributed by atoms with van der Waals surface area (Å²) in [5, 5.41) is 15.6. The summed E-state index contributed by atoms with van der Waals surface area (Å²) in [5.74, 6) is 1.72. The SMILES string of the molecule is CS(=O)(=O)c1ccc(-c2cnc(Nc3cnc(C#N)cn3)cc2NCC2CCCCC2)cc1. The Balaban J connectivity index is 1.61. The van der Waals surface area contributed by atoms with E-state index in [2.05, 4.69) is 25.6 Å². The highest BCUT2D eigenvalue weighted by Crippen LogP contribution is 2.32. The summed E-state index contributed by atoms with van der Waals surface area (Å²) in [4.78, 5) is 13.0. The van der Waals surface area contributed by atoms with E-state index in [1.807, 2.05) is 12.1 Å². The predicted octanol–water partition coefficient (Wildman–Crippen LogP) is 4.55. The molecule has 1 aromatic carbocycles. The lowest BCUT2D eigenvalue weighted by molar-refractivity contribution is 0.373. The van der Waals surface area contributed by atoms with E-state index in [9.17, 15) is 8.42 Å². The van der Waals surface area contributed by atoms with Crippen molar-refractivity contribution in [2.45, 2.75) is 37.0 Å². The van der Waals surface area contributed by atoms with Crippen LogP contribution in [0.5, 0.6) is 0 Å². The molecule has 0 atom stereocenters. The van der Waals surface area contributed by atoms with Gasteiger partial charge in [-0.1, -0.05) is 31.4 Å². The first-order chi connectivity index (χ1) is 15.9. The van der Waals surface area contributed by atoms with E-state index >= 15 is 0 Å². The number of hydrogen-bond acceptors (Lipinski definition) is 8. The van der Waals surface area contributed by atoms with Crippen molar-refractivity contribution < 1.29 is 8.42 Å². The molecular formula is C24H26N6O2S. The molecule has 2 N–H and O–H groups in total. The van der Waals surface area contributed by atoms with Gasteiger partial charge in [-0.2, -0.15) is 5.26 Å². The summed E-state index contributed by atoms with van der Waals surface area (Å²) in [6.07, 6.45) is 12.2. The summed E-state index contributed by atoms with van der Waals surface area (Å²) >= 11 is 0. The number of pyridine rings is 1. The first-order valence-electron chi connectivity index (χ1n) is 11.0. The number of hydrogen-bond donors (Lipinski definition) is 2. The highest BCUT2D eigenvalue weighted by atomic mass is 32.2. The number of rotatable bonds is 7. The zero-order valence-corrected chi connectivity index (χ0v) is 19.3. The second kappa shape index (κ2) is 9.96. The summed E-state index contributed by atoms with van der Waals surface area (Å²) in [6, 6.07) is 10.7. The highest BCUT2D eigenvalue weighted by Gasteiger charge is 2.16. The monoisotopic (exact) mass is 462 g/mol. The van der Waals surface area contributed by atoms with Gasteiger partial charge < -0.3 is 10.6 Å². The Morgan fingerprint density at radius 1 is 1.00 bits per heavy atom. The lowest BCUT2D eigenvalue weighted by atomic mass is 9.89. The van der Waals surface area contributed by atoms with Crippen LogP contribution >= 0.6 is 0 Å². The third-order valence-electron chi connectivity index (χ3n) is 5.83. The van der Waals surface area contributed by atoms with Crippen molar-refractivity contribution in [1.29, 1.82) is 5.26 Å². The molecule has 1 saturated carbocycles. The smallest absolute Gasteiger partial charge is 0.175 e. The fourth-order valence-electron chi connectivity index (χ4n) is 4.01. The van der Waals surface area contributed by atoms with E-state index in [1.54, 1.807) is 30.5 Å². The van der Waals surface area contributed by atoms with Crippen LogP contribution in [0.3, 0.4) is 0 Å². The van der Waals surface area contributed by atoms with E-state index in [1.165, 1.54) is 50.8 Å². The third-order valence-corrected chi connectivity index (χ3v) is 6.95. The number of nitrogens with one attached hydrogen (secondary N) is 2. The van der Waals surface area contributed by atoms with Crippen molar-refractivity contribution in [2.75, 3.05) is 23.4 Å². The maximum Gasteiger partial charge on any atom is 0.175 e. The first kappa shape index (κ1) is 22.7. The van der Waals surface area contributed by atoms with Gasteiger partial charge in [-0.3, -0.25) is 0 Å². The minimum Gasteiger partial charge on any atom is -0.384 e. The number of nitrogens with zero attached hydrogens (tertiary/aromatic N) is 4. The van der Waals surface area contributed by atoms with Crippen molar-refractivity contribution in [1.82, 2.24) is 15.0 Å². The van der Waals surface area contributed by atoms with Crippen LogP contribution < -0.4 is 10.6 Å². The van der Waals surface area contributed by atoms with Crippen molar-refractivity contribution in [3.05, 3.63) is 54.6 Å². The number of benzene rings is 1. The average Bonchev–Trinajstić information content (AvgIpc) is 2.83.